The molecule has 0 aliphatic carbocycles. The van der Waals surface area contributed by atoms with Gasteiger partial charge in [-0.3, -0.25) is 0 Å². The molecule has 1 heteroatoms. The lowest BCUT2D eigenvalue weighted by atomic mass is 10.1. The van der Waals surface area contributed by atoms with Gasteiger partial charge in [-0.1, -0.05) is 70.3 Å². The fourth-order valence-corrected chi connectivity index (χ4v) is 2.16. The normalized spacial score (nSPS) is 9.55. The van der Waals surface area contributed by atoms with Gasteiger partial charge in [0.05, 0.1) is 0 Å². The number of pyridine rings is 1. The SMILES string of the molecule is CCCCCCC#Cc1cccc(C#CCCCCCC)n1. The Balaban J connectivity index is 2.39. The van der Waals surface area contributed by atoms with Crippen molar-refractivity contribution in [3.05, 3.63) is 29.6 Å². The van der Waals surface area contributed by atoms with Crippen LogP contribution in [0, 0.1) is 23.7 Å². The highest BCUT2D eigenvalue weighted by Crippen LogP contribution is 2.03. The van der Waals surface area contributed by atoms with E-state index in [1.165, 1.54) is 51.4 Å². The van der Waals surface area contributed by atoms with Crippen molar-refractivity contribution >= 4 is 0 Å². The Bertz CT molecular complexity index is 477. The molecule has 0 amide bonds. The van der Waals surface area contributed by atoms with E-state index in [0.717, 1.165) is 24.2 Å². The molecule has 0 unspecified atom stereocenters. The number of hydrogen-bond acceptors (Lipinski definition) is 1. The van der Waals surface area contributed by atoms with Crippen molar-refractivity contribution in [1.82, 2.24) is 4.98 Å². The van der Waals surface area contributed by atoms with E-state index in [4.69, 9.17) is 0 Å². The summed E-state index contributed by atoms with van der Waals surface area (Å²) in [6.07, 6.45) is 12.0. The number of aromatic nitrogens is 1. The molecule has 0 aromatic carbocycles. The van der Waals surface area contributed by atoms with E-state index in [9.17, 15) is 0 Å². The molecule has 0 aliphatic heterocycles. The van der Waals surface area contributed by atoms with E-state index in [0.29, 0.717) is 0 Å². The number of rotatable bonds is 8. The van der Waals surface area contributed by atoms with E-state index in [1.54, 1.807) is 0 Å². The number of unbranched alkanes of at least 4 members (excludes halogenated alkanes) is 8. The maximum Gasteiger partial charge on any atom is 0.114 e. The van der Waals surface area contributed by atoms with Gasteiger partial charge < -0.3 is 0 Å². The molecular formula is C21H29N. The first-order chi connectivity index (χ1) is 10.9. The molecule has 1 heterocycles. The molecule has 0 aliphatic rings. The van der Waals surface area contributed by atoms with Gasteiger partial charge in [-0.15, -0.1) is 0 Å². The zero-order chi connectivity index (χ0) is 15.9. The summed E-state index contributed by atoms with van der Waals surface area (Å²) in [5, 5.41) is 0. The van der Waals surface area contributed by atoms with Crippen molar-refractivity contribution in [3.8, 4) is 23.7 Å². The molecule has 0 spiro atoms. The van der Waals surface area contributed by atoms with Gasteiger partial charge in [0.15, 0.2) is 0 Å². The lowest BCUT2D eigenvalue weighted by Crippen LogP contribution is -1.86. The van der Waals surface area contributed by atoms with Crippen molar-refractivity contribution < 1.29 is 0 Å². The standard InChI is InChI=1S/C21H29N/c1-3-5-7-9-11-13-16-20-18-15-19-21(22-20)17-14-12-10-8-6-4-2/h15,18-19H,3-12H2,1-2H3. The van der Waals surface area contributed by atoms with Gasteiger partial charge in [-0.25, -0.2) is 4.98 Å². The second-order valence-electron chi connectivity index (χ2n) is 5.63. The molecule has 0 bridgehead atoms. The maximum absolute atomic E-state index is 4.49. The average Bonchev–Trinajstić information content (AvgIpc) is 2.54. The van der Waals surface area contributed by atoms with Crippen LogP contribution in [0.1, 0.15) is 89.4 Å². The van der Waals surface area contributed by atoms with Crippen LogP contribution in [0.2, 0.25) is 0 Å². The van der Waals surface area contributed by atoms with Gasteiger partial charge in [-0.05, 0) is 36.8 Å². The molecule has 0 atom stereocenters. The maximum atomic E-state index is 4.49. The van der Waals surface area contributed by atoms with Crippen molar-refractivity contribution in [2.24, 2.45) is 0 Å². The Morgan fingerprint density at radius 2 is 1.23 bits per heavy atom. The van der Waals surface area contributed by atoms with Crippen molar-refractivity contribution in [3.63, 3.8) is 0 Å². The van der Waals surface area contributed by atoms with E-state index < -0.39 is 0 Å². The zero-order valence-corrected chi connectivity index (χ0v) is 14.3. The Kier molecular flexibility index (Phi) is 10.8. The molecule has 1 aromatic rings. The number of nitrogens with zero attached hydrogens (tertiary/aromatic N) is 1. The first-order valence-electron chi connectivity index (χ1n) is 8.81. The highest BCUT2D eigenvalue weighted by molar-refractivity contribution is 5.34. The van der Waals surface area contributed by atoms with Crippen LogP contribution in [0.25, 0.3) is 0 Å². The van der Waals surface area contributed by atoms with E-state index >= 15 is 0 Å². The first-order valence-corrected chi connectivity index (χ1v) is 8.81. The predicted molar refractivity (Wildman–Crippen MR) is 95.5 cm³/mol. The topological polar surface area (TPSA) is 12.9 Å². The Labute approximate surface area is 136 Å². The molecule has 1 nitrogen and oxygen atoms in total. The minimum atomic E-state index is 0.841. The van der Waals surface area contributed by atoms with Crippen molar-refractivity contribution in [2.45, 2.75) is 78.1 Å². The minimum absolute atomic E-state index is 0.841. The molecule has 0 saturated carbocycles. The van der Waals surface area contributed by atoms with Crippen molar-refractivity contribution in [2.75, 3.05) is 0 Å². The molecule has 0 saturated heterocycles. The predicted octanol–water partition coefficient (Wildman–Crippen LogP) is 5.73. The Hall–Kier alpha value is -1.73. The number of hydrogen-bond donors (Lipinski definition) is 0. The highest BCUT2D eigenvalue weighted by atomic mass is 14.7. The Morgan fingerprint density at radius 3 is 1.68 bits per heavy atom. The molecule has 1 rings (SSSR count). The first kappa shape index (κ1) is 18.3. The van der Waals surface area contributed by atoms with Crippen LogP contribution in [0.15, 0.2) is 18.2 Å². The summed E-state index contributed by atoms with van der Waals surface area (Å²) in [5.41, 5.74) is 1.68. The summed E-state index contributed by atoms with van der Waals surface area (Å²) in [6.45, 7) is 4.46. The summed E-state index contributed by atoms with van der Waals surface area (Å²) in [5.74, 6) is 12.7. The van der Waals surface area contributed by atoms with E-state index in [-0.39, 0.29) is 0 Å². The second-order valence-corrected chi connectivity index (χ2v) is 5.63. The highest BCUT2D eigenvalue weighted by Gasteiger charge is 1.91. The van der Waals surface area contributed by atoms with Crippen molar-refractivity contribution in [1.29, 1.82) is 0 Å². The van der Waals surface area contributed by atoms with Crippen LogP contribution in [-0.2, 0) is 0 Å². The second kappa shape index (κ2) is 13.0. The summed E-state index contributed by atoms with van der Waals surface area (Å²) in [7, 11) is 0. The van der Waals surface area contributed by atoms with Crippen LogP contribution in [0.5, 0.6) is 0 Å². The van der Waals surface area contributed by atoms with Gasteiger partial charge in [0.25, 0.3) is 0 Å². The largest absolute Gasteiger partial charge is 0.231 e. The monoisotopic (exact) mass is 295 g/mol. The summed E-state index contributed by atoms with van der Waals surface area (Å²) in [6, 6.07) is 5.92. The van der Waals surface area contributed by atoms with Crippen LogP contribution < -0.4 is 0 Å². The minimum Gasteiger partial charge on any atom is -0.231 e. The van der Waals surface area contributed by atoms with E-state index in [1.807, 2.05) is 18.2 Å². The van der Waals surface area contributed by atoms with Crippen LogP contribution in [-0.4, -0.2) is 4.98 Å². The molecule has 118 valence electrons. The Morgan fingerprint density at radius 1 is 0.727 bits per heavy atom. The third-order valence-electron chi connectivity index (χ3n) is 3.49. The van der Waals surface area contributed by atoms with Gasteiger partial charge in [0.2, 0.25) is 0 Å². The summed E-state index contributed by atoms with van der Waals surface area (Å²) < 4.78 is 0. The van der Waals surface area contributed by atoms with Gasteiger partial charge >= 0.3 is 0 Å². The van der Waals surface area contributed by atoms with Gasteiger partial charge in [0, 0.05) is 12.8 Å². The third-order valence-corrected chi connectivity index (χ3v) is 3.49. The fraction of sp³-hybridized carbons (Fsp3) is 0.571. The smallest absolute Gasteiger partial charge is 0.114 e. The quantitative estimate of drug-likeness (QED) is 0.441. The molecule has 0 fully saturated rings. The molecule has 1 aromatic heterocycles. The van der Waals surface area contributed by atoms with Crippen LogP contribution in [0.3, 0.4) is 0 Å². The molecule has 22 heavy (non-hydrogen) atoms. The fourth-order valence-electron chi connectivity index (χ4n) is 2.16. The van der Waals surface area contributed by atoms with Crippen LogP contribution in [0.4, 0.5) is 0 Å². The average molecular weight is 295 g/mol. The van der Waals surface area contributed by atoms with Crippen LogP contribution >= 0.6 is 0 Å². The summed E-state index contributed by atoms with van der Waals surface area (Å²) >= 11 is 0. The lowest BCUT2D eigenvalue weighted by molar-refractivity contribution is 0.679. The lowest BCUT2D eigenvalue weighted by Gasteiger charge is -1.94. The van der Waals surface area contributed by atoms with Gasteiger partial charge in [0.1, 0.15) is 11.4 Å². The molecule has 0 radical (unpaired) electrons. The molecular weight excluding hydrogens is 266 g/mol. The summed E-state index contributed by atoms with van der Waals surface area (Å²) in [4.78, 5) is 4.49. The third kappa shape index (κ3) is 9.25. The molecule has 0 N–H and O–H groups in total. The zero-order valence-electron chi connectivity index (χ0n) is 14.3. The van der Waals surface area contributed by atoms with E-state index in [2.05, 4.69) is 42.5 Å². The van der Waals surface area contributed by atoms with Gasteiger partial charge in [-0.2, -0.15) is 0 Å².